The Labute approximate surface area is 134 Å². The van der Waals surface area contributed by atoms with Crippen LogP contribution in [0.4, 0.5) is 16.6 Å². The Morgan fingerprint density at radius 3 is 2.87 bits per heavy atom. The molecule has 1 fully saturated rings. The van der Waals surface area contributed by atoms with E-state index in [4.69, 9.17) is 9.15 Å². The zero-order valence-electron chi connectivity index (χ0n) is 13.4. The lowest BCUT2D eigenvalue weighted by Crippen LogP contribution is -2.37. The third-order valence-electron chi connectivity index (χ3n) is 3.88. The van der Waals surface area contributed by atoms with Crippen molar-refractivity contribution < 1.29 is 13.9 Å². The van der Waals surface area contributed by atoms with Gasteiger partial charge in [0.15, 0.2) is 0 Å². The van der Waals surface area contributed by atoms with Gasteiger partial charge in [0.05, 0.1) is 18.3 Å². The molecule has 2 aromatic rings. The quantitative estimate of drug-likeness (QED) is 0.912. The van der Waals surface area contributed by atoms with Crippen molar-refractivity contribution in [1.29, 1.82) is 0 Å². The normalized spacial score (nSPS) is 19.0. The van der Waals surface area contributed by atoms with E-state index in [1.165, 1.54) is 0 Å². The van der Waals surface area contributed by atoms with E-state index in [0.717, 1.165) is 5.76 Å². The van der Waals surface area contributed by atoms with Crippen molar-refractivity contribution >= 4 is 17.9 Å². The first-order chi connectivity index (χ1) is 11.1. The summed E-state index contributed by atoms with van der Waals surface area (Å²) in [5.41, 5.74) is 0. The van der Waals surface area contributed by atoms with Gasteiger partial charge in [-0.15, -0.1) is 0 Å². The zero-order valence-corrected chi connectivity index (χ0v) is 13.4. The Morgan fingerprint density at radius 1 is 1.35 bits per heavy atom. The van der Waals surface area contributed by atoms with Crippen LogP contribution in [0.3, 0.4) is 0 Å². The van der Waals surface area contributed by atoms with E-state index >= 15 is 0 Å². The lowest BCUT2D eigenvalue weighted by atomic mass is 10.0. The summed E-state index contributed by atoms with van der Waals surface area (Å²) in [6.07, 6.45) is 2.88. The van der Waals surface area contributed by atoms with Crippen LogP contribution in [0.2, 0.25) is 0 Å². The first kappa shape index (κ1) is 15.3. The number of cyclic esters (lactones) is 1. The predicted molar refractivity (Wildman–Crippen MR) is 85.2 cm³/mol. The molecule has 1 aliphatic heterocycles. The van der Waals surface area contributed by atoms with Crippen molar-refractivity contribution in [3.8, 4) is 0 Å². The van der Waals surface area contributed by atoms with Crippen LogP contribution in [0.1, 0.15) is 32.6 Å². The summed E-state index contributed by atoms with van der Waals surface area (Å²) >= 11 is 0. The van der Waals surface area contributed by atoms with Crippen LogP contribution in [0.5, 0.6) is 0 Å². The molecule has 2 atom stereocenters. The Kier molecular flexibility index (Phi) is 4.18. The maximum atomic E-state index is 12.0. The molecule has 0 bridgehead atoms. The summed E-state index contributed by atoms with van der Waals surface area (Å²) in [7, 11) is 0. The minimum absolute atomic E-state index is 0.0206. The van der Waals surface area contributed by atoms with Crippen LogP contribution >= 0.6 is 0 Å². The molecule has 0 aliphatic carbocycles. The fourth-order valence-electron chi connectivity index (χ4n) is 2.55. The molecule has 3 rings (SSSR count). The number of hydrogen-bond acceptors (Lipinski definition) is 6. The van der Waals surface area contributed by atoms with Gasteiger partial charge in [-0.25, -0.2) is 9.78 Å². The van der Waals surface area contributed by atoms with Crippen LogP contribution in [-0.2, 0) is 4.74 Å². The Bertz CT molecular complexity index is 672. The van der Waals surface area contributed by atoms with Gasteiger partial charge in [0.2, 0.25) is 5.95 Å². The van der Waals surface area contributed by atoms with Crippen LogP contribution in [-0.4, -0.2) is 28.7 Å². The number of furan rings is 1. The van der Waals surface area contributed by atoms with Crippen LogP contribution in [0.25, 0.3) is 0 Å². The lowest BCUT2D eigenvalue weighted by Gasteiger charge is -2.23. The van der Waals surface area contributed by atoms with Gasteiger partial charge in [0.1, 0.15) is 18.2 Å². The number of carbonyl (C=O) groups excluding carboxylic acids is 1. The molecule has 0 unspecified atom stereocenters. The Hall–Kier alpha value is -2.57. The van der Waals surface area contributed by atoms with E-state index in [1.54, 1.807) is 23.4 Å². The highest BCUT2D eigenvalue weighted by Crippen LogP contribution is 2.26. The smallest absolute Gasteiger partial charge is 0.415 e. The first-order valence-corrected chi connectivity index (χ1v) is 7.65. The summed E-state index contributed by atoms with van der Waals surface area (Å²) in [6, 6.07) is 5.33. The molecule has 2 aromatic heterocycles. The zero-order chi connectivity index (χ0) is 16.4. The topological polar surface area (TPSA) is 80.5 Å². The molecule has 1 aliphatic rings. The highest BCUT2D eigenvalue weighted by atomic mass is 16.6. The number of ether oxygens (including phenoxy) is 1. The molecule has 1 N–H and O–H groups in total. The van der Waals surface area contributed by atoms with Gasteiger partial charge in [-0.3, -0.25) is 4.90 Å². The number of aromatic nitrogens is 2. The molecular weight excluding hydrogens is 296 g/mol. The van der Waals surface area contributed by atoms with E-state index in [-0.39, 0.29) is 24.1 Å². The molecular formula is C16H20N4O3. The van der Waals surface area contributed by atoms with Crippen molar-refractivity contribution in [3.63, 3.8) is 0 Å². The average molecular weight is 316 g/mol. The number of hydrogen-bond donors (Lipinski definition) is 1. The van der Waals surface area contributed by atoms with Crippen molar-refractivity contribution in [1.82, 2.24) is 9.97 Å². The third kappa shape index (κ3) is 3.13. The molecule has 7 nitrogen and oxygen atoms in total. The highest BCUT2D eigenvalue weighted by molar-refractivity contribution is 5.89. The molecule has 1 saturated heterocycles. The monoisotopic (exact) mass is 316 g/mol. The van der Waals surface area contributed by atoms with E-state index in [0.29, 0.717) is 18.4 Å². The van der Waals surface area contributed by atoms with Crippen molar-refractivity contribution in [2.24, 2.45) is 5.92 Å². The molecule has 0 saturated carbocycles. The number of nitrogens with one attached hydrogen (secondary N) is 1. The highest BCUT2D eigenvalue weighted by Gasteiger charge is 2.37. The molecule has 0 spiro atoms. The fraction of sp³-hybridized carbons (Fsp3) is 0.438. The fourth-order valence-corrected chi connectivity index (χ4v) is 2.55. The van der Waals surface area contributed by atoms with E-state index < -0.39 is 0 Å². The molecule has 3 heterocycles. The SMILES string of the molecule is CC(C)[C@H]1COC(=O)N1c1ccnc(N[C@H](C)c2ccco2)n1. The second-order valence-electron chi connectivity index (χ2n) is 5.88. The second-order valence-corrected chi connectivity index (χ2v) is 5.88. The minimum Gasteiger partial charge on any atom is -0.467 e. The number of nitrogens with zero attached hydrogens (tertiary/aromatic N) is 3. The van der Waals surface area contributed by atoms with Crippen LogP contribution < -0.4 is 10.2 Å². The summed E-state index contributed by atoms with van der Waals surface area (Å²) < 4.78 is 10.5. The summed E-state index contributed by atoms with van der Waals surface area (Å²) in [4.78, 5) is 22.3. The molecule has 1 amide bonds. The maximum Gasteiger partial charge on any atom is 0.415 e. The van der Waals surface area contributed by atoms with Gasteiger partial charge < -0.3 is 14.5 Å². The van der Waals surface area contributed by atoms with Crippen molar-refractivity contribution in [3.05, 3.63) is 36.4 Å². The van der Waals surface area contributed by atoms with Gasteiger partial charge >= 0.3 is 6.09 Å². The molecule has 23 heavy (non-hydrogen) atoms. The average Bonchev–Trinajstić information content (AvgIpc) is 3.16. The van der Waals surface area contributed by atoms with Gasteiger partial charge in [0.25, 0.3) is 0 Å². The maximum absolute atomic E-state index is 12.0. The largest absolute Gasteiger partial charge is 0.467 e. The molecule has 0 aromatic carbocycles. The number of amides is 1. The van der Waals surface area contributed by atoms with Crippen molar-refractivity contribution in [2.45, 2.75) is 32.9 Å². The summed E-state index contributed by atoms with van der Waals surface area (Å²) in [6.45, 7) is 6.44. The van der Waals surface area contributed by atoms with E-state index in [9.17, 15) is 4.79 Å². The first-order valence-electron chi connectivity index (χ1n) is 7.65. The molecule has 122 valence electrons. The number of anilines is 2. The van der Waals surface area contributed by atoms with Crippen LogP contribution in [0.15, 0.2) is 35.1 Å². The standard InChI is InChI=1S/C16H20N4O3/c1-10(2)12-9-23-16(21)20(12)14-6-7-17-15(19-14)18-11(3)13-5-4-8-22-13/h4-8,10-12H,9H2,1-3H3,(H,17,18,19)/t11-,12-/m1/s1. The van der Waals surface area contributed by atoms with Crippen molar-refractivity contribution in [2.75, 3.05) is 16.8 Å². The van der Waals surface area contributed by atoms with Gasteiger partial charge in [-0.05, 0) is 31.0 Å². The van der Waals surface area contributed by atoms with E-state index in [1.807, 2.05) is 19.1 Å². The summed E-state index contributed by atoms with van der Waals surface area (Å²) in [5, 5.41) is 3.17. The van der Waals surface area contributed by atoms with Gasteiger partial charge in [-0.2, -0.15) is 4.98 Å². The van der Waals surface area contributed by atoms with E-state index in [2.05, 4.69) is 29.1 Å². The summed E-state index contributed by atoms with van der Waals surface area (Å²) in [5.74, 6) is 2.04. The van der Waals surface area contributed by atoms with Gasteiger partial charge in [0, 0.05) is 6.20 Å². The van der Waals surface area contributed by atoms with Gasteiger partial charge in [-0.1, -0.05) is 13.8 Å². The molecule has 0 radical (unpaired) electrons. The predicted octanol–water partition coefficient (Wildman–Crippen LogP) is 3.22. The van der Waals surface area contributed by atoms with Crippen LogP contribution in [0, 0.1) is 5.92 Å². The third-order valence-corrected chi connectivity index (χ3v) is 3.88. The second kappa shape index (κ2) is 6.28. The number of carbonyl (C=O) groups is 1. The number of rotatable bonds is 5. The minimum atomic E-state index is -0.368. The lowest BCUT2D eigenvalue weighted by molar-refractivity contribution is 0.177. The Balaban J connectivity index is 1.81. The molecule has 7 heteroatoms. The Morgan fingerprint density at radius 2 is 2.17 bits per heavy atom.